The number of carboxylic acids is 1. The summed E-state index contributed by atoms with van der Waals surface area (Å²) in [6, 6.07) is 12.5. The van der Waals surface area contributed by atoms with Gasteiger partial charge in [0.1, 0.15) is 11.7 Å². The maximum atomic E-state index is 12.6. The number of hydrogen-bond acceptors (Lipinski definition) is 6. The van der Waals surface area contributed by atoms with Gasteiger partial charge in [-0.25, -0.2) is 4.79 Å². The molecule has 1 heterocycles. The fourth-order valence-corrected chi connectivity index (χ4v) is 3.65. The molecule has 1 fully saturated rings. The Labute approximate surface area is 205 Å². The number of carbonyl (C=O) groups is 3. The average molecular weight is 505 g/mol. The van der Waals surface area contributed by atoms with Crippen molar-refractivity contribution in [3.8, 4) is 17.2 Å². The van der Waals surface area contributed by atoms with Crippen molar-refractivity contribution in [1.29, 1.82) is 5.26 Å². The lowest BCUT2D eigenvalue weighted by Gasteiger charge is -2.32. The predicted molar refractivity (Wildman–Crippen MR) is 123 cm³/mol. The van der Waals surface area contributed by atoms with E-state index in [1.54, 1.807) is 18.3 Å². The Morgan fingerprint density at radius 2 is 1.69 bits per heavy atom. The summed E-state index contributed by atoms with van der Waals surface area (Å²) in [7, 11) is 0. The molecule has 1 saturated carbocycles. The third-order valence-corrected chi connectivity index (χ3v) is 5.64. The lowest BCUT2D eigenvalue weighted by atomic mass is 9.81. The summed E-state index contributed by atoms with van der Waals surface area (Å²) >= 11 is 0. The van der Waals surface area contributed by atoms with Crippen LogP contribution < -0.4 is 16.8 Å². The Hall–Kier alpha value is -3.98. The number of halogens is 3. The second-order valence-electron chi connectivity index (χ2n) is 8.37. The van der Waals surface area contributed by atoms with Gasteiger partial charge in [0, 0.05) is 12.6 Å². The Kier molecular flexibility index (Phi) is 9.52. The number of hydrogen-bond donors (Lipinski definition) is 4. The number of nitrogens with zero attached hydrogens (tertiary/aromatic N) is 2. The zero-order chi connectivity index (χ0) is 26.9. The molecule has 0 aliphatic heterocycles. The van der Waals surface area contributed by atoms with Crippen LogP contribution in [0, 0.1) is 11.3 Å². The number of aromatic nitrogens is 1. The van der Waals surface area contributed by atoms with Gasteiger partial charge in [0.25, 0.3) is 5.91 Å². The zero-order valence-electron chi connectivity index (χ0n) is 19.2. The van der Waals surface area contributed by atoms with Gasteiger partial charge in [0.15, 0.2) is 0 Å². The van der Waals surface area contributed by atoms with Gasteiger partial charge in [-0.15, -0.1) is 0 Å². The smallest absolute Gasteiger partial charge is 0.475 e. The van der Waals surface area contributed by atoms with Gasteiger partial charge in [0.05, 0.1) is 11.6 Å². The van der Waals surface area contributed by atoms with Crippen molar-refractivity contribution in [2.75, 3.05) is 0 Å². The number of pyridine rings is 1. The van der Waals surface area contributed by atoms with E-state index in [1.807, 2.05) is 24.3 Å². The van der Waals surface area contributed by atoms with Crippen molar-refractivity contribution < 1.29 is 32.7 Å². The number of nitrogens with one attached hydrogen (secondary N) is 1. The summed E-state index contributed by atoms with van der Waals surface area (Å²) in [5.41, 5.74) is 13.5. The van der Waals surface area contributed by atoms with Crippen molar-refractivity contribution in [1.82, 2.24) is 10.3 Å². The van der Waals surface area contributed by atoms with E-state index >= 15 is 0 Å². The van der Waals surface area contributed by atoms with E-state index in [4.69, 9.17) is 21.4 Å². The average Bonchev–Trinajstić information content (AvgIpc) is 2.84. The summed E-state index contributed by atoms with van der Waals surface area (Å²) in [6.45, 7) is 0. The fraction of sp³-hybridized carbons (Fsp3) is 0.375. The number of benzene rings is 1. The number of alkyl halides is 3. The standard InChI is InChI=1S/C22H25N5O2.C2HF3O2/c23-14-18(27-21(29)22(25)9-2-1-3-10-22)12-15-4-6-16(7-5-15)17-8-11-26-19(13-17)20(24)28;3-2(4,5)1(6)7/h4-8,11,13,18H,1-3,9-10,12,25H2,(H2,24,28)(H,27,29);(H,6,7)/t18-;/m0./s1. The first kappa shape index (κ1) is 28.3. The van der Waals surface area contributed by atoms with E-state index in [0.717, 1.165) is 36.0 Å². The van der Waals surface area contributed by atoms with E-state index in [9.17, 15) is 28.0 Å². The number of rotatable bonds is 6. The Morgan fingerprint density at radius 3 is 2.19 bits per heavy atom. The minimum Gasteiger partial charge on any atom is -0.475 e. The van der Waals surface area contributed by atoms with E-state index < -0.39 is 29.6 Å². The third kappa shape index (κ3) is 8.06. The van der Waals surface area contributed by atoms with Crippen LogP contribution in [-0.2, 0) is 16.0 Å². The number of primary amides is 1. The molecule has 12 heteroatoms. The molecule has 0 saturated heterocycles. The van der Waals surface area contributed by atoms with Crippen molar-refractivity contribution in [2.45, 2.75) is 56.3 Å². The first-order valence-electron chi connectivity index (χ1n) is 11.0. The minimum absolute atomic E-state index is 0.206. The summed E-state index contributed by atoms with van der Waals surface area (Å²) in [5, 5.41) is 19.4. The number of nitriles is 1. The summed E-state index contributed by atoms with van der Waals surface area (Å²) in [4.78, 5) is 36.7. The number of aliphatic carboxylic acids is 1. The van der Waals surface area contributed by atoms with Gasteiger partial charge in [-0.3, -0.25) is 14.6 Å². The molecule has 192 valence electrons. The molecule has 1 aliphatic carbocycles. The van der Waals surface area contributed by atoms with E-state index in [0.29, 0.717) is 19.3 Å². The largest absolute Gasteiger partial charge is 0.490 e. The Balaban J connectivity index is 0.000000572. The molecule has 9 nitrogen and oxygen atoms in total. The van der Waals surface area contributed by atoms with Crippen LogP contribution in [-0.4, -0.2) is 45.6 Å². The SMILES string of the molecule is N#C[C@H](Cc1ccc(-c2ccnc(C(N)=O)c2)cc1)NC(=O)C1(N)CCCCC1.O=C(O)C(F)(F)F. The molecular weight excluding hydrogens is 479 g/mol. The molecule has 36 heavy (non-hydrogen) atoms. The quantitative estimate of drug-likeness (QED) is 0.467. The summed E-state index contributed by atoms with van der Waals surface area (Å²) in [5.74, 6) is -3.57. The molecule has 1 aromatic carbocycles. The second-order valence-corrected chi connectivity index (χ2v) is 8.37. The number of amides is 2. The molecule has 0 unspecified atom stereocenters. The summed E-state index contributed by atoms with van der Waals surface area (Å²) < 4.78 is 31.7. The highest BCUT2D eigenvalue weighted by Gasteiger charge is 2.38. The van der Waals surface area contributed by atoms with E-state index in [2.05, 4.69) is 16.4 Å². The minimum atomic E-state index is -5.08. The van der Waals surface area contributed by atoms with Crippen LogP contribution in [0.25, 0.3) is 11.1 Å². The van der Waals surface area contributed by atoms with Gasteiger partial charge >= 0.3 is 12.1 Å². The van der Waals surface area contributed by atoms with Crippen molar-refractivity contribution in [3.05, 3.63) is 53.9 Å². The molecule has 0 spiro atoms. The van der Waals surface area contributed by atoms with Crippen LogP contribution in [0.5, 0.6) is 0 Å². The van der Waals surface area contributed by atoms with Crippen LogP contribution >= 0.6 is 0 Å². The molecular formula is C24H26F3N5O4. The highest BCUT2D eigenvalue weighted by molar-refractivity contribution is 5.92. The molecule has 2 aromatic rings. The number of carboxylic acid groups (broad SMARTS) is 1. The lowest BCUT2D eigenvalue weighted by Crippen LogP contribution is -2.57. The molecule has 2 amide bonds. The summed E-state index contributed by atoms with van der Waals surface area (Å²) in [6.07, 6.45) is 1.14. The number of nitrogens with two attached hydrogens (primary N) is 2. The van der Waals surface area contributed by atoms with Crippen molar-refractivity contribution >= 4 is 17.8 Å². The fourth-order valence-electron chi connectivity index (χ4n) is 3.65. The molecule has 1 aromatic heterocycles. The van der Waals surface area contributed by atoms with E-state index in [1.165, 1.54) is 0 Å². The zero-order valence-corrected chi connectivity index (χ0v) is 19.2. The molecule has 1 aliphatic rings. The third-order valence-electron chi connectivity index (χ3n) is 5.64. The van der Waals surface area contributed by atoms with E-state index in [-0.39, 0.29) is 11.6 Å². The molecule has 0 bridgehead atoms. The van der Waals surface area contributed by atoms with Gasteiger partial charge < -0.3 is 21.9 Å². The Morgan fingerprint density at radius 1 is 1.11 bits per heavy atom. The van der Waals surface area contributed by atoms with Gasteiger partial charge in [-0.1, -0.05) is 43.5 Å². The van der Waals surface area contributed by atoms with Crippen LogP contribution in [0.3, 0.4) is 0 Å². The number of carbonyl (C=O) groups excluding carboxylic acids is 2. The molecule has 1 atom stereocenters. The maximum Gasteiger partial charge on any atom is 0.490 e. The van der Waals surface area contributed by atoms with Crippen molar-refractivity contribution in [2.24, 2.45) is 11.5 Å². The highest BCUT2D eigenvalue weighted by atomic mass is 19.4. The first-order chi connectivity index (χ1) is 16.9. The molecule has 3 rings (SSSR count). The Bertz CT molecular complexity index is 1120. The monoisotopic (exact) mass is 505 g/mol. The molecule has 0 radical (unpaired) electrons. The normalized spacial score (nSPS) is 15.4. The van der Waals surface area contributed by atoms with Gasteiger partial charge in [-0.05, 0) is 41.7 Å². The van der Waals surface area contributed by atoms with Gasteiger partial charge in [0.2, 0.25) is 5.91 Å². The van der Waals surface area contributed by atoms with Gasteiger partial charge in [-0.2, -0.15) is 18.4 Å². The van der Waals surface area contributed by atoms with Crippen LogP contribution in [0.2, 0.25) is 0 Å². The van der Waals surface area contributed by atoms with Crippen LogP contribution in [0.15, 0.2) is 42.6 Å². The lowest BCUT2D eigenvalue weighted by molar-refractivity contribution is -0.192. The first-order valence-corrected chi connectivity index (χ1v) is 11.0. The van der Waals surface area contributed by atoms with Crippen molar-refractivity contribution in [3.63, 3.8) is 0 Å². The second kappa shape index (κ2) is 12.1. The van der Waals surface area contributed by atoms with Crippen LogP contribution in [0.4, 0.5) is 13.2 Å². The molecule has 6 N–H and O–H groups in total. The maximum absolute atomic E-state index is 12.6. The highest BCUT2D eigenvalue weighted by Crippen LogP contribution is 2.26. The predicted octanol–water partition coefficient (Wildman–Crippen LogP) is 2.69. The van der Waals surface area contributed by atoms with Crippen LogP contribution in [0.1, 0.15) is 48.2 Å². The topological polar surface area (TPSA) is 172 Å².